The van der Waals surface area contributed by atoms with Gasteiger partial charge in [0.15, 0.2) is 0 Å². The van der Waals surface area contributed by atoms with Crippen molar-refractivity contribution >= 4 is 34.1 Å². The summed E-state index contributed by atoms with van der Waals surface area (Å²) in [6, 6.07) is 5.87. The average Bonchev–Trinajstić information content (AvgIpc) is 3.19. The standard InChI is InChI=1S/C24H22FN7O2S/c1-13-19(4-14(7-26-13)22-29-30-23(35-22)16-6-18(16)25)28-21(33)17-8-27-32-3-2-15(5-20(17)32)31-9-24(10-31)11-34-12-24/h2-5,7-8,16,18H,6,9-12H2,1H3,(H,28,33)/t16-,18-/m0/s1. The number of aryl methyl sites for hydroxylation is 1. The van der Waals surface area contributed by atoms with Crippen LogP contribution in [0, 0.1) is 12.3 Å². The van der Waals surface area contributed by atoms with Crippen molar-refractivity contribution in [2.24, 2.45) is 5.41 Å². The molecule has 4 aromatic heterocycles. The monoisotopic (exact) mass is 491 g/mol. The number of halogens is 1. The molecule has 178 valence electrons. The number of carbonyl (C=O) groups is 1. The molecule has 11 heteroatoms. The zero-order valence-corrected chi connectivity index (χ0v) is 19.8. The Labute approximate surface area is 204 Å². The second kappa shape index (κ2) is 7.53. The van der Waals surface area contributed by atoms with Crippen LogP contribution in [0.3, 0.4) is 0 Å². The van der Waals surface area contributed by atoms with Gasteiger partial charge in [0.2, 0.25) is 0 Å². The van der Waals surface area contributed by atoms with Crippen LogP contribution in [-0.2, 0) is 4.74 Å². The van der Waals surface area contributed by atoms with Crippen molar-refractivity contribution in [1.29, 1.82) is 0 Å². The quantitative estimate of drug-likeness (QED) is 0.457. The molecule has 2 saturated heterocycles. The van der Waals surface area contributed by atoms with Crippen molar-refractivity contribution in [1.82, 2.24) is 24.8 Å². The molecule has 3 aliphatic rings. The van der Waals surface area contributed by atoms with Crippen LogP contribution < -0.4 is 10.2 Å². The molecule has 1 N–H and O–H groups in total. The zero-order valence-electron chi connectivity index (χ0n) is 18.9. The number of pyridine rings is 2. The van der Waals surface area contributed by atoms with Gasteiger partial charge < -0.3 is 15.0 Å². The maximum atomic E-state index is 13.4. The van der Waals surface area contributed by atoms with Crippen molar-refractivity contribution in [3.63, 3.8) is 0 Å². The van der Waals surface area contributed by atoms with Crippen LogP contribution in [0.15, 0.2) is 36.8 Å². The molecule has 4 aromatic rings. The van der Waals surface area contributed by atoms with Crippen molar-refractivity contribution in [2.45, 2.75) is 25.4 Å². The number of amides is 1. The highest BCUT2D eigenvalue weighted by molar-refractivity contribution is 7.14. The van der Waals surface area contributed by atoms with Gasteiger partial charge in [-0.05, 0) is 31.5 Å². The fourth-order valence-corrected chi connectivity index (χ4v) is 5.73. The summed E-state index contributed by atoms with van der Waals surface area (Å²) >= 11 is 1.37. The van der Waals surface area contributed by atoms with Gasteiger partial charge in [0.25, 0.3) is 5.91 Å². The predicted molar refractivity (Wildman–Crippen MR) is 129 cm³/mol. The highest BCUT2D eigenvalue weighted by atomic mass is 32.1. The molecule has 2 atom stereocenters. The van der Waals surface area contributed by atoms with E-state index >= 15 is 0 Å². The lowest BCUT2D eigenvalue weighted by Crippen LogP contribution is -2.66. The molecular formula is C24H22FN7O2S. The molecule has 0 radical (unpaired) electrons. The summed E-state index contributed by atoms with van der Waals surface area (Å²) < 4.78 is 20.5. The molecule has 1 amide bonds. The Morgan fingerprint density at radius 3 is 2.83 bits per heavy atom. The lowest BCUT2D eigenvalue weighted by atomic mass is 9.78. The molecule has 35 heavy (non-hydrogen) atoms. The first-order valence-corrected chi connectivity index (χ1v) is 12.4. The third-order valence-corrected chi connectivity index (χ3v) is 8.14. The number of hydrogen-bond acceptors (Lipinski definition) is 8. The lowest BCUT2D eigenvalue weighted by Gasteiger charge is -2.56. The molecule has 1 aliphatic carbocycles. The average molecular weight is 492 g/mol. The molecular weight excluding hydrogens is 469 g/mol. The van der Waals surface area contributed by atoms with Crippen molar-refractivity contribution in [2.75, 3.05) is 36.5 Å². The van der Waals surface area contributed by atoms with Gasteiger partial charge in [-0.25, -0.2) is 8.91 Å². The number of fused-ring (bicyclic) bond motifs is 1. The Kier molecular flexibility index (Phi) is 4.49. The third kappa shape index (κ3) is 3.49. The summed E-state index contributed by atoms with van der Waals surface area (Å²) in [4.78, 5) is 20.0. The molecule has 1 spiro atoms. The Bertz CT molecular complexity index is 1470. The second-order valence-corrected chi connectivity index (χ2v) is 10.7. The summed E-state index contributed by atoms with van der Waals surface area (Å²) in [6.07, 6.45) is 4.85. The largest absolute Gasteiger partial charge is 0.380 e. The minimum atomic E-state index is -0.817. The van der Waals surface area contributed by atoms with E-state index in [1.165, 1.54) is 11.3 Å². The molecule has 2 aliphatic heterocycles. The number of rotatable bonds is 5. The molecule has 7 rings (SSSR count). The Morgan fingerprint density at radius 2 is 2.09 bits per heavy atom. The molecule has 0 aromatic carbocycles. The molecule has 3 fully saturated rings. The molecule has 6 heterocycles. The van der Waals surface area contributed by atoms with Crippen LogP contribution in [0.25, 0.3) is 16.1 Å². The Hall–Kier alpha value is -3.44. The fourth-order valence-electron chi connectivity index (χ4n) is 4.75. The summed E-state index contributed by atoms with van der Waals surface area (Å²) in [5, 5.41) is 17.0. The van der Waals surface area contributed by atoms with E-state index in [9.17, 15) is 9.18 Å². The number of anilines is 2. The SMILES string of the molecule is Cc1ncc(-c2nnc([C@H]3C[C@@H]3F)s2)cc1NC(=O)c1cnn2ccc(N3CC4(COC4)C3)cc12. The fraction of sp³-hybridized carbons (Fsp3) is 0.375. The van der Waals surface area contributed by atoms with Gasteiger partial charge in [-0.1, -0.05) is 11.3 Å². The van der Waals surface area contributed by atoms with Gasteiger partial charge in [0.05, 0.1) is 47.3 Å². The normalized spacial score (nSPS) is 22.2. The van der Waals surface area contributed by atoms with Crippen LogP contribution in [-0.4, -0.2) is 63.2 Å². The second-order valence-electron chi connectivity index (χ2n) is 9.74. The highest BCUT2D eigenvalue weighted by Gasteiger charge is 2.49. The van der Waals surface area contributed by atoms with E-state index in [0.29, 0.717) is 38.8 Å². The van der Waals surface area contributed by atoms with Crippen LogP contribution in [0.4, 0.5) is 15.8 Å². The van der Waals surface area contributed by atoms with Crippen LogP contribution in [0.2, 0.25) is 0 Å². The minimum absolute atomic E-state index is 0.136. The van der Waals surface area contributed by atoms with Gasteiger partial charge in [0, 0.05) is 42.7 Å². The highest BCUT2D eigenvalue weighted by Crippen LogP contribution is 2.45. The van der Waals surface area contributed by atoms with Crippen molar-refractivity contribution in [3.05, 3.63) is 53.1 Å². The first kappa shape index (κ1) is 20.9. The van der Waals surface area contributed by atoms with Crippen molar-refractivity contribution < 1.29 is 13.9 Å². The van der Waals surface area contributed by atoms with E-state index in [4.69, 9.17) is 4.74 Å². The Morgan fingerprint density at radius 1 is 1.26 bits per heavy atom. The minimum Gasteiger partial charge on any atom is -0.380 e. The van der Waals surface area contributed by atoms with Gasteiger partial charge in [0.1, 0.15) is 16.2 Å². The zero-order chi connectivity index (χ0) is 23.7. The lowest BCUT2D eigenvalue weighted by molar-refractivity contribution is -0.127. The molecule has 0 bridgehead atoms. The van der Waals surface area contributed by atoms with Gasteiger partial charge in [-0.15, -0.1) is 10.2 Å². The maximum absolute atomic E-state index is 13.4. The smallest absolute Gasteiger partial charge is 0.259 e. The number of ether oxygens (including phenoxy) is 1. The van der Waals surface area contributed by atoms with Crippen LogP contribution in [0.1, 0.15) is 33.4 Å². The van der Waals surface area contributed by atoms with E-state index in [0.717, 1.165) is 43.1 Å². The summed E-state index contributed by atoms with van der Waals surface area (Å²) in [5.41, 5.74) is 4.61. The van der Waals surface area contributed by atoms with Gasteiger partial charge in [-0.3, -0.25) is 9.78 Å². The van der Waals surface area contributed by atoms with Crippen molar-refractivity contribution in [3.8, 4) is 10.6 Å². The predicted octanol–water partition coefficient (Wildman–Crippen LogP) is 3.47. The van der Waals surface area contributed by atoms with Crippen LogP contribution in [0.5, 0.6) is 0 Å². The first-order chi connectivity index (χ1) is 17.0. The number of hydrogen-bond donors (Lipinski definition) is 1. The number of nitrogens with one attached hydrogen (secondary N) is 1. The van der Waals surface area contributed by atoms with E-state index in [1.54, 1.807) is 16.9 Å². The summed E-state index contributed by atoms with van der Waals surface area (Å²) in [6.45, 7) is 5.43. The first-order valence-electron chi connectivity index (χ1n) is 11.5. The van der Waals surface area contributed by atoms with Gasteiger partial charge >= 0.3 is 0 Å². The molecule has 0 unspecified atom stereocenters. The topological polar surface area (TPSA) is 97.5 Å². The van der Waals surface area contributed by atoms with Gasteiger partial charge in [-0.2, -0.15) is 5.10 Å². The number of nitrogens with zero attached hydrogens (tertiary/aromatic N) is 6. The number of alkyl halides is 1. The Balaban J connectivity index is 1.13. The molecule has 1 saturated carbocycles. The number of aromatic nitrogens is 5. The van der Waals surface area contributed by atoms with E-state index in [2.05, 4.69) is 30.5 Å². The maximum Gasteiger partial charge on any atom is 0.259 e. The van der Waals surface area contributed by atoms with E-state index < -0.39 is 6.17 Å². The summed E-state index contributed by atoms with van der Waals surface area (Å²) in [5.74, 6) is -0.397. The van der Waals surface area contributed by atoms with Crippen LogP contribution >= 0.6 is 11.3 Å². The summed E-state index contributed by atoms with van der Waals surface area (Å²) in [7, 11) is 0. The van der Waals surface area contributed by atoms with E-state index in [-0.39, 0.29) is 11.8 Å². The number of carbonyl (C=O) groups excluding carboxylic acids is 1. The van der Waals surface area contributed by atoms with E-state index in [1.807, 2.05) is 31.3 Å². The molecule has 9 nitrogen and oxygen atoms in total. The third-order valence-electron chi connectivity index (χ3n) is 7.04.